The van der Waals surface area contributed by atoms with Gasteiger partial charge in [0, 0.05) is 19.5 Å². The highest BCUT2D eigenvalue weighted by atomic mass is 32.1. The summed E-state index contributed by atoms with van der Waals surface area (Å²) in [5.74, 6) is 2.10. The average molecular weight is 262 g/mol. The fourth-order valence-electron chi connectivity index (χ4n) is 3.78. The van der Waals surface area contributed by atoms with Crippen LogP contribution in [0, 0.1) is 11.8 Å². The maximum atomic E-state index is 11.9. The zero-order valence-corrected chi connectivity index (χ0v) is 11.3. The van der Waals surface area contributed by atoms with E-state index < -0.39 is 0 Å². The summed E-state index contributed by atoms with van der Waals surface area (Å²) in [6.45, 7) is 2.34. The van der Waals surface area contributed by atoms with Crippen molar-refractivity contribution in [2.45, 2.75) is 38.5 Å². The minimum absolute atomic E-state index is 0.319. The first-order valence-electron chi connectivity index (χ1n) is 7.09. The van der Waals surface area contributed by atoms with Gasteiger partial charge >= 0.3 is 0 Å². The van der Waals surface area contributed by atoms with Crippen molar-refractivity contribution in [3.63, 3.8) is 0 Å². The van der Waals surface area contributed by atoms with Crippen molar-refractivity contribution in [3.05, 3.63) is 10.6 Å². The van der Waals surface area contributed by atoms with Crippen molar-refractivity contribution in [2.75, 3.05) is 18.0 Å². The van der Waals surface area contributed by atoms with Gasteiger partial charge in [0.25, 0.3) is 0 Å². The van der Waals surface area contributed by atoms with Crippen LogP contribution in [0.15, 0.2) is 0 Å². The summed E-state index contributed by atoms with van der Waals surface area (Å²) >= 11 is 1.64. The lowest BCUT2D eigenvalue weighted by atomic mass is 10.0. The Morgan fingerprint density at radius 3 is 2.61 bits per heavy atom. The lowest BCUT2D eigenvalue weighted by Gasteiger charge is -2.15. The Morgan fingerprint density at radius 2 is 1.89 bits per heavy atom. The molecule has 3 nitrogen and oxygen atoms in total. The number of aromatic nitrogens is 1. The van der Waals surface area contributed by atoms with E-state index in [1.54, 1.807) is 11.3 Å². The number of anilines is 1. The molecule has 1 saturated carbocycles. The molecule has 1 saturated heterocycles. The minimum atomic E-state index is 0.319. The number of carbonyl (C=O) groups excluding carboxylic acids is 1. The first kappa shape index (κ1) is 11.0. The highest BCUT2D eigenvalue weighted by Crippen LogP contribution is 2.41. The van der Waals surface area contributed by atoms with Crippen LogP contribution in [0.25, 0.3) is 0 Å². The molecule has 2 atom stereocenters. The summed E-state index contributed by atoms with van der Waals surface area (Å²) in [4.78, 5) is 20.0. The van der Waals surface area contributed by atoms with Gasteiger partial charge < -0.3 is 4.90 Å². The summed E-state index contributed by atoms with van der Waals surface area (Å²) in [7, 11) is 0. The van der Waals surface area contributed by atoms with Crippen molar-refractivity contribution in [2.24, 2.45) is 11.8 Å². The van der Waals surface area contributed by atoms with Gasteiger partial charge in [0.1, 0.15) is 0 Å². The number of hydrogen-bond acceptors (Lipinski definition) is 4. The third kappa shape index (κ3) is 1.62. The molecule has 0 aromatic carbocycles. The number of ketones is 1. The molecule has 1 aromatic rings. The molecule has 4 heteroatoms. The third-order valence-electron chi connectivity index (χ3n) is 4.75. The maximum absolute atomic E-state index is 11.9. The molecule has 18 heavy (non-hydrogen) atoms. The van der Waals surface area contributed by atoms with E-state index in [4.69, 9.17) is 4.98 Å². The zero-order valence-electron chi connectivity index (χ0n) is 10.5. The van der Waals surface area contributed by atoms with Crippen molar-refractivity contribution in [1.82, 2.24) is 4.98 Å². The molecule has 2 heterocycles. The topological polar surface area (TPSA) is 33.2 Å². The van der Waals surface area contributed by atoms with Gasteiger partial charge in [-0.3, -0.25) is 4.79 Å². The summed E-state index contributed by atoms with van der Waals surface area (Å²) in [5.41, 5.74) is 1.07. The number of fused-ring (bicyclic) bond motifs is 2. The Balaban J connectivity index is 1.60. The van der Waals surface area contributed by atoms with Gasteiger partial charge in [-0.15, -0.1) is 0 Å². The highest BCUT2D eigenvalue weighted by molar-refractivity contribution is 7.17. The molecule has 0 amide bonds. The van der Waals surface area contributed by atoms with Gasteiger partial charge in [0.05, 0.1) is 10.6 Å². The number of carbonyl (C=O) groups is 1. The van der Waals surface area contributed by atoms with Crippen molar-refractivity contribution in [1.29, 1.82) is 0 Å². The SMILES string of the molecule is O=C1CCCc2nc(N3CC4CCCC4C3)sc21. The quantitative estimate of drug-likeness (QED) is 0.780. The van der Waals surface area contributed by atoms with Crippen LogP contribution in [0.1, 0.15) is 47.5 Å². The van der Waals surface area contributed by atoms with Crippen LogP contribution in [-0.2, 0) is 6.42 Å². The van der Waals surface area contributed by atoms with Crippen LogP contribution >= 0.6 is 11.3 Å². The smallest absolute Gasteiger partial charge is 0.186 e. The number of aryl methyl sites for hydroxylation is 1. The summed E-state index contributed by atoms with van der Waals surface area (Å²) in [5, 5.41) is 1.12. The first-order valence-corrected chi connectivity index (χ1v) is 7.91. The van der Waals surface area contributed by atoms with Gasteiger partial charge in [-0.05, 0) is 37.5 Å². The zero-order chi connectivity index (χ0) is 12.1. The Labute approximate surface area is 111 Å². The summed E-state index contributed by atoms with van der Waals surface area (Å²) < 4.78 is 0. The standard InChI is InChI=1S/C14H18N2OS/c17-12-6-2-5-11-13(12)18-14(15-11)16-7-9-3-1-4-10(9)8-16/h9-10H,1-8H2. The molecule has 0 bridgehead atoms. The van der Waals surface area contributed by atoms with E-state index in [1.165, 1.54) is 32.4 Å². The molecule has 4 rings (SSSR count). The van der Waals surface area contributed by atoms with Gasteiger partial charge in [0.15, 0.2) is 10.9 Å². The van der Waals surface area contributed by atoms with Crippen LogP contribution in [-0.4, -0.2) is 23.9 Å². The van der Waals surface area contributed by atoms with Gasteiger partial charge in [-0.25, -0.2) is 4.98 Å². The number of thiazole rings is 1. The number of Topliss-reactive ketones (excluding diaryl/α,β-unsaturated/α-hetero) is 1. The van der Waals surface area contributed by atoms with Crippen LogP contribution in [0.5, 0.6) is 0 Å². The summed E-state index contributed by atoms with van der Waals surface area (Å²) in [6.07, 6.45) is 6.91. The Hall–Kier alpha value is -0.900. The maximum Gasteiger partial charge on any atom is 0.186 e. The minimum Gasteiger partial charge on any atom is -0.347 e. The lowest BCUT2D eigenvalue weighted by molar-refractivity contribution is 0.0976. The predicted molar refractivity (Wildman–Crippen MR) is 72.4 cm³/mol. The molecule has 0 spiro atoms. The van der Waals surface area contributed by atoms with Gasteiger partial charge in [-0.1, -0.05) is 17.8 Å². The second-order valence-electron chi connectivity index (χ2n) is 5.91. The molecule has 3 aliphatic rings. The van der Waals surface area contributed by atoms with Crippen molar-refractivity contribution >= 4 is 22.3 Å². The fraction of sp³-hybridized carbons (Fsp3) is 0.714. The number of hydrogen-bond donors (Lipinski definition) is 0. The molecule has 2 aliphatic carbocycles. The summed E-state index contributed by atoms with van der Waals surface area (Å²) in [6, 6.07) is 0. The molecule has 2 unspecified atom stereocenters. The first-order chi connectivity index (χ1) is 8.81. The average Bonchev–Trinajstić information content (AvgIpc) is 3.01. The van der Waals surface area contributed by atoms with Crippen LogP contribution in [0.3, 0.4) is 0 Å². The van der Waals surface area contributed by atoms with Crippen molar-refractivity contribution in [3.8, 4) is 0 Å². The third-order valence-corrected chi connectivity index (χ3v) is 5.95. The van der Waals surface area contributed by atoms with E-state index in [0.29, 0.717) is 5.78 Å². The molecular weight excluding hydrogens is 244 g/mol. The second kappa shape index (κ2) is 4.05. The van der Waals surface area contributed by atoms with Crippen molar-refractivity contribution < 1.29 is 4.79 Å². The monoisotopic (exact) mass is 262 g/mol. The molecule has 96 valence electrons. The van der Waals surface area contributed by atoms with Gasteiger partial charge in [0.2, 0.25) is 0 Å². The van der Waals surface area contributed by atoms with E-state index in [2.05, 4.69) is 4.90 Å². The van der Waals surface area contributed by atoms with E-state index >= 15 is 0 Å². The van der Waals surface area contributed by atoms with E-state index in [1.807, 2.05) is 0 Å². The number of rotatable bonds is 1. The van der Waals surface area contributed by atoms with Crippen LogP contribution < -0.4 is 4.90 Å². The van der Waals surface area contributed by atoms with Crippen LogP contribution in [0.2, 0.25) is 0 Å². The molecule has 1 aromatic heterocycles. The molecular formula is C14H18N2OS. The molecule has 2 fully saturated rings. The van der Waals surface area contributed by atoms with Crippen LogP contribution in [0.4, 0.5) is 5.13 Å². The Bertz CT molecular complexity index is 484. The Kier molecular flexibility index (Phi) is 2.47. The second-order valence-corrected chi connectivity index (χ2v) is 6.88. The Morgan fingerprint density at radius 1 is 1.11 bits per heavy atom. The van der Waals surface area contributed by atoms with E-state index in [9.17, 15) is 4.79 Å². The van der Waals surface area contributed by atoms with E-state index in [-0.39, 0.29) is 0 Å². The molecule has 0 N–H and O–H groups in total. The van der Waals surface area contributed by atoms with E-state index in [0.717, 1.165) is 46.8 Å². The predicted octanol–water partition coefficient (Wildman–Crippen LogP) is 2.90. The molecule has 1 aliphatic heterocycles. The fourth-order valence-corrected chi connectivity index (χ4v) is 4.88. The highest BCUT2D eigenvalue weighted by Gasteiger charge is 2.37. The normalized spacial score (nSPS) is 30.7. The lowest BCUT2D eigenvalue weighted by Crippen LogP contribution is -2.20. The largest absolute Gasteiger partial charge is 0.347 e. The number of nitrogens with zero attached hydrogens (tertiary/aromatic N) is 2. The van der Waals surface area contributed by atoms with Gasteiger partial charge in [-0.2, -0.15) is 0 Å². The molecule has 0 radical (unpaired) electrons.